The molecule has 0 saturated carbocycles. The van der Waals surface area contributed by atoms with Gasteiger partial charge in [-0.05, 0) is 37.6 Å². The highest BCUT2D eigenvalue weighted by atomic mass is 35.7. The Morgan fingerprint density at radius 1 is 0.917 bits per heavy atom. The summed E-state index contributed by atoms with van der Waals surface area (Å²) in [6, 6.07) is 14.3. The SMILES string of the molecule is Cc1cc2c(C)ccc3[o+]c4ccccc4c-3c2o1.[O-][Cl+3]([O-])([O-])[O-]. The summed E-state index contributed by atoms with van der Waals surface area (Å²) in [4.78, 5) is 0. The normalized spacial score (nSPS) is 11.8. The van der Waals surface area contributed by atoms with Gasteiger partial charge in [-0.2, -0.15) is 0 Å². The van der Waals surface area contributed by atoms with Crippen molar-refractivity contribution in [3.05, 3.63) is 53.8 Å². The van der Waals surface area contributed by atoms with Gasteiger partial charge < -0.3 is 4.42 Å². The van der Waals surface area contributed by atoms with E-state index in [1.807, 2.05) is 31.2 Å². The van der Waals surface area contributed by atoms with Crippen molar-refractivity contribution >= 4 is 21.9 Å². The molecule has 0 spiro atoms. The molecule has 0 N–H and O–H groups in total. The fourth-order valence-electron chi connectivity index (χ4n) is 2.70. The Morgan fingerprint density at radius 2 is 1.58 bits per heavy atom. The molecule has 1 aromatic carbocycles. The Hall–Kier alpha value is -2.22. The molecule has 4 rings (SSSR count). The molecule has 1 aromatic heterocycles. The van der Waals surface area contributed by atoms with Gasteiger partial charge in [-0.1, -0.05) is 12.1 Å². The van der Waals surface area contributed by atoms with Gasteiger partial charge in [-0.25, -0.2) is 23.1 Å². The highest BCUT2D eigenvalue weighted by Gasteiger charge is 2.28. The molecule has 0 amide bonds. The van der Waals surface area contributed by atoms with Crippen molar-refractivity contribution < 1.29 is 37.7 Å². The second-order valence-corrected chi connectivity index (χ2v) is 6.09. The maximum atomic E-state index is 8.49. The van der Waals surface area contributed by atoms with Crippen molar-refractivity contribution in [1.82, 2.24) is 0 Å². The first kappa shape index (κ1) is 16.6. The number of halogens is 1. The summed E-state index contributed by atoms with van der Waals surface area (Å²) in [5.74, 6) is 1.80. The van der Waals surface area contributed by atoms with Crippen LogP contribution in [0.25, 0.3) is 33.3 Å². The fourth-order valence-corrected chi connectivity index (χ4v) is 2.70. The van der Waals surface area contributed by atoms with Gasteiger partial charge in [-0.3, -0.25) is 0 Å². The third-order valence-electron chi connectivity index (χ3n) is 3.61. The van der Waals surface area contributed by atoms with Crippen LogP contribution in [0.4, 0.5) is 0 Å². The minimum atomic E-state index is -4.94. The molecule has 0 fully saturated rings. The van der Waals surface area contributed by atoms with E-state index in [4.69, 9.17) is 27.5 Å². The molecule has 0 unspecified atom stereocenters. The van der Waals surface area contributed by atoms with E-state index in [0.717, 1.165) is 39.0 Å². The Bertz CT molecular complexity index is 980. The summed E-state index contributed by atoms with van der Waals surface area (Å²) in [5, 5.41) is 2.26. The topological polar surface area (TPSA) is 117 Å². The zero-order valence-electron chi connectivity index (χ0n) is 12.9. The first-order valence-electron chi connectivity index (χ1n) is 7.00. The number of hydrogen-bond acceptors (Lipinski definition) is 5. The summed E-state index contributed by atoms with van der Waals surface area (Å²) >= 11 is 0. The Kier molecular flexibility index (Phi) is 4.16. The average Bonchev–Trinajstić information content (AvgIpc) is 2.99. The molecule has 6 nitrogen and oxygen atoms in total. The number of furan rings is 2. The number of para-hydroxylation sites is 1. The van der Waals surface area contributed by atoms with E-state index in [-0.39, 0.29) is 0 Å². The number of hydrogen-bond donors (Lipinski definition) is 0. The highest BCUT2D eigenvalue weighted by Crippen LogP contribution is 2.40. The van der Waals surface area contributed by atoms with Crippen molar-refractivity contribution in [2.75, 3.05) is 0 Å². The van der Waals surface area contributed by atoms with Crippen molar-refractivity contribution in [3.8, 4) is 11.3 Å². The van der Waals surface area contributed by atoms with Crippen LogP contribution in [-0.2, 0) is 0 Å². The summed E-state index contributed by atoms with van der Waals surface area (Å²) in [7, 11) is -4.94. The molecule has 2 heterocycles. The molecular formula is C17H13ClO6. The third-order valence-corrected chi connectivity index (χ3v) is 3.61. The molecule has 1 aliphatic carbocycles. The van der Waals surface area contributed by atoms with Crippen LogP contribution in [-0.4, -0.2) is 0 Å². The second kappa shape index (κ2) is 6.01. The van der Waals surface area contributed by atoms with Crippen molar-refractivity contribution in [3.63, 3.8) is 0 Å². The van der Waals surface area contributed by atoms with E-state index in [1.165, 1.54) is 5.56 Å². The molecule has 24 heavy (non-hydrogen) atoms. The third kappa shape index (κ3) is 3.33. The summed E-state index contributed by atoms with van der Waals surface area (Å²) in [5.41, 5.74) is 4.07. The van der Waals surface area contributed by atoms with Crippen molar-refractivity contribution in [1.29, 1.82) is 0 Å². The lowest BCUT2D eigenvalue weighted by Gasteiger charge is -2.17. The summed E-state index contributed by atoms with van der Waals surface area (Å²) in [6.07, 6.45) is 0. The first-order chi connectivity index (χ1) is 11.2. The van der Waals surface area contributed by atoms with Crippen LogP contribution in [0.3, 0.4) is 0 Å². The number of rotatable bonds is 0. The molecule has 2 aliphatic rings. The van der Waals surface area contributed by atoms with E-state index in [0.29, 0.717) is 0 Å². The van der Waals surface area contributed by atoms with Gasteiger partial charge in [0.2, 0.25) is 0 Å². The molecule has 0 saturated heterocycles. The minimum absolute atomic E-state index is 0.869. The molecule has 2 aromatic rings. The highest BCUT2D eigenvalue weighted by molar-refractivity contribution is 6.06. The van der Waals surface area contributed by atoms with Gasteiger partial charge in [0.25, 0.3) is 0 Å². The van der Waals surface area contributed by atoms with Gasteiger partial charge in [-0.15, -0.1) is 10.2 Å². The molecule has 0 radical (unpaired) electrons. The van der Waals surface area contributed by atoms with Crippen molar-refractivity contribution in [2.24, 2.45) is 0 Å². The predicted octanol–water partition coefficient (Wildman–Crippen LogP) is 0.426. The number of benzene rings is 1. The first-order valence-corrected chi connectivity index (χ1v) is 8.23. The fraction of sp³-hybridized carbons (Fsp3) is 0.118. The lowest BCUT2D eigenvalue weighted by Crippen LogP contribution is -2.68. The van der Waals surface area contributed by atoms with Crippen LogP contribution in [0, 0.1) is 24.1 Å². The summed E-state index contributed by atoms with van der Waals surface area (Å²) in [6.45, 7) is 4.08. The Balaban J connectivity index is 0.000000300. The number of aryl methyl sites for hydroxylation is 2. The van der Waals surface area contributed by atoms with Gasteiger partial charge in [0.15, 0.2) is 5.58 Å². The summed E-state index contributed by atoms with van der Waals surface area (Å²) < 4.78 is 45.8. The quantitative estimate of drug-likeness (QED) is 0.425. The van der Waals surface area contributed by atoms with E-state index < -0.39 is 10.2 Å². The van der Waals surface area contributed by atoms with Crippen molar-refractivity contribution in [2.45, 2.75) is 13.8 Å². The molecule has 124 valence electrons. The zero-order chi connectivity index (χ0) is 17.5. The Morgan fingerprint density at radius 3 is 2.29 bits per heavy atom. The molecular weight excluding hydrogens is 336 g/mol. The lowest BCUT2D eigenvalue weighted by molar-refractivity contribution is -2.00. The molecule has 0 atom stereocenters. The van der Waals surface area contributed by atoms with Gasteiger partial charge >= 0.3 is 11.3 Å². The predicted molar refractivity (Wildman–Crippen MR) is 76.5 cm³/mol. The van der Waals surface area contributed by atoms with Gasteiger partial charge in [0.05, 0.1) is 5.39 Å². The van der Waals surface area contributed by atoms with E-state index in [1.54, 1.807) is 0 Å². The van der Waals surface area contributed by atoms with Crippen LogP contribution in [0.5, 0.6) is 0 Å². The van der Waals surface area contributed by atoms with Crippen LogP contribution < -0.4 is 18.6 Å². The molecule has 0 bridgehead atoms. The second-order valence-electron chi connectivity index (χ2n) is 5.33. The van der Waals surface area contributed by atoms with Crippen LogP contribution in [0.1, 0.15) is 11.3 Å². The monoisotopic (exact) mass is 348 g/mol. The zero-order valence-corrected chi connectivity index (χ0v) is 13.6. The Labute approximate surface area is 139 Å². The van der Waals surface area contributed by atoms with E-state index in [9.17, 15) is 0 Å². The maximum Gasteiger partial charge on any atom is 0.365 e. The van der Waals surface area contributed by atoms with Gasteiger partial charge in [0, 0.05) is 17.5 Å². The molecule has 7 heteroatoms. The number of fused-ring (bicyclic) bond motifs is 5. The minimum Gasteiger partial charge on any atom is -0.460 e. The molecule has 1 aliphatic heterocycles. The lowest BCUT2D eigenvalue weighted by atomic mass is 10.1. The maximum absolute atomic E-state index is 8.49. The smallest absolute Gasteiger partial charge is 0.365 e. The van der Waals surface area contributed by atoms with E-state index in [2.05, 4.69) is 25.1 Å². The average molecular weight is 349 g/mol. The van der Waals surface area contributed by atoms with Crippen LogP contribution in [0.2, 0.25) is 0 Å². The van der Waals surface area contributed by atoms with E-state index >= 15 is 0 Å². The largest absolute Gasteiger partial charge is 0.460 e. The van der Waals surface area contributed by atoms with Crippen LogP contribution in [0.15, 0.2) is 51.3 Å². The van der Waals surface area contributed by atoms with Crippen LogP contribution >= 0.6 is 0 Å². The van der Waals surface area contributed by atoms with Gasteiger partial charge in [0.1, 0.15) is 11.3 Å². The standard InChI is InChI=1S/C17H13O2.ClHO4/c1-10-7-8-15-16(17-13(10)9-11(2)18-17)12-5-3-4-6-14(12)19-15;2-1(3,4)5/h3-9H,1-2H3;(H,2,3,4,5)/q+1;/p-1.